The van der Waals surface area contributed by atoms with E-state index in [1.54, 1.807) is 12.1 Å². The first-order chi connectivity index (χ1) is 9.19. The minimum absolute atomic E-state index is 0.448. The molecule has 0 atom stereocenters. The van der Waals surface area contributed by atoms with Crippen molar-refractivity contribution in [2.75, 3.05) is 12.5 Å². The van der Waals surface area contributed by atoms with E-state index in [2.05, 4.69) is 25.6 Å². The van der Waals surface area contributed by atoms with Gasteiger partial charge in [0.05, 0.1) is 7.11 Å². The van der Waals surface area contributed by atoms with E-state index in [0.717, 1.165) is 17.7 Å². The van der Waals surface area contributed by atoms with Gasteiger partial charge in [0.15, 0.2) is 5.82 Å². The fourth-order valence-electron chi connectivity index (χ4n) is 1.71. The van der Waals surface area contributed by atoms with Crippen LogP contribution in [0, 0.1) is 6.92 Å². The van der Waals surface area contributed by atoms with Crippen LogP contribution >= 0.6 is 0 Å². The van der Waals surface area contributed by atoms with E-state index >= 15 is 0 Å². The Balaban J connectivity index is 2.48. The van der Waals surface area contributed by atoms with Crippen molar-refractivity contribution in [3.63, 3.8) is 0 Å². The molecule has 0 bridgehead atoms. The normalized spacial score (nSPS) is 10.3. The van der Waals surface area contributed by atoms with Crippen LogP contribution in [-0.4, -0.2) is 27.3 Å². The molecule has 0 amide bonds. The molecule has 19 heavy (non-hydrogen) atoms. The van der Waals surface area contributed by atoms with Crippen LogP contribution < -0.4 is 16.0 Å². The molecule has 0 aliphatic heterocycles. The lowest BCUT2D eigenvalue weighted by atomic mass is 10.2. The van der Waals surface area contributed by atoms with E-state index in [4.69, 9.17) is 10.6 Å². The Labute approximate surface area is 111 Å². The second-order valence-corrected chi connectivity index (χ2v) is 3.93. The highest BCUT2D eigenvalue weighted by Gasteiger charge is 2.12. The summed E-state index contributed by atoms with van der Waals surface area (Å²) in [7, 11) is 1.54. The van der Waals surface area contributed by atoms with Gasteiger partial charge in [-0.05, 0) is 19.4 Å². The third-order valence-electron chi connectivity index (χ3n) is 2.80. The Morgan fingerprint density at radius 2 is 2.05 bits per heavy atom. The predicted molar refractivity (Wildman–Crippen MR) is 71.5 cm³/mol. The number of anilines is 1. The monoisotopic (exact) mass is 260 g/mol. The molecule has 2 heterocycles. The van der Waals surface area contributed by atoms with Crippen LogP contribution in [0.3, 0.4) is 0 Å². The van der Waals surface area contributed by atoms with Crippen molar-refractivity contribution < 1.29 is 4.74 Å². The van der Waals surface area contributed by atoms with E-state index in [0.29, 0.717) is 23.2 Å². The minimum Gasteiger partial charge on any atom is -0.480 e. The largest absolute Gasteiger partial charge is 0.480 e. The molecule has 0 saturated heterocycles. The van der Waals surface area contributed by atoms with Gasteiger partial charge in [-0.2, -0.15) is 0 Å². The quantitative estimate of drug-likeness (QED) is 0.627. The summed E-state index contributed by atoms with van der Waals surface area (Å²) >= 11 is 0. The number of rotatable bonds is 4. The Hall–Kier alpha value is -2.28. The number of nitrogens with one attached hydrogen (secondary N) is 1. The smallest absolute Gasteiger partial charge is 0.233 e. The van der Waals surface area contributed by atoms with Crippen LogP contribution in [0.15, 0.2) is 12.1 Å². The van der Waals surface area contributed by atoms with Gasteiger partial charge in [0.1, 0.15) is 11.5 Å². The molecule has 0 aliphatic carbocycles. The first-order valence-corrected chi connectivity index (χ1v) is 5.91. The van der Waals surface area contributed by atoms with Crippen molar-refractivity contribution in [2.45, 2.75) is 20.3 Å². The van der Waals surface area contributed by atoms with E-state index < -0.39 is 0 Å². The lowest BCUT2D eigenvalue weighted by Crippen LogP contribution is -2.13. The maximum absolute atomic E-state index is 5.47. The van der Waals surface area contributed by atoms with Crippen molar-refractivity contribution in [1.82, 2.24) is 20.2 Å². The predicted octanol–water partition coefficient (Wildman–Crippen LogP) is 1.10. The first kappa shape index (κ1) is 13.2. The molecule has 7 nitrogen and oxygen atoms in total. The first-order valence-electron chi connectivity index (χ1n) is 5.91. The fourth-order valence-corrected chi connectivity index (χ4v) is 1.71. The number of hydrogen-bond donors (Lipinski definition) is 2. The van der Waals surface area contributed by atoms with Crippen molar-refractivity contribution >= 4 is 5.82 Å². The average molecular weight is 260 g/mol. The topological polar surface area (TPSA) is 98.8 Å². The van der Waals surface area contributed by atoms with E-state index in [1.807, 2.05) is 13.8 Å². The molecule has 100 valence electrons. The van der Waals surface area contributed by atoms with Gasteiger partial charge >= 0.3 is 0 Å². The van der Waals surface area contributed by atoms with E-state index in [1.165, 1.54) is 7.11 Å². The zero-order valence-corrected chi connectivity index (χ0v) is 11.1. The molecule has 2 rings (SSSR count). The van der Waals surface area contributed by atoms with Gasteiger partial charge in [-0.3, -0.25) is 0 Å². The maximum Gasteiger partial charge on any atom is 0.233 e. The Kier molecular flexibility index (Phi) is 3.86. The van der Waals surface area contributed by atoms with Crippen molar-refractivity contribution in [3.8, 4) is 17.4 Å². The molecular formula is C12H16N6O. The van der Waals surface area contributed by atoms with Gasteiger partial charge in [-0.1, -0.05) is 6.92 Å². The van der Waals surface area contributed by atoms with E-state index in [-0.39, 0.29) is 0 Å². The number of aryl methyl sites for hydroxylation is 1. The molecular weight excluding hydrogens is 244 g/mol. The van der Waals surface area contributed by atoms with Crippen LogP contribution in [0.4, 0.5) is 5.82 Å². The number of hydrogen-bond acceptors (Lipinski definition) is 7. The summed E-state index contributed by atoms with van der Waals surface area (Å²) in [4.78, 5) is 8.81. The summed E-state index contributed by atoms with van der Waals surface area (Å²) in [6.45, 7) is 3.95. The van der Waals surface area contributed by atoms with Crippen LogP contribution in [0.5, 0.6) is 5.88 Å². The van der Waals surface area contributed by atoms with Gasteiger partial charge in [0.25, 0.3) is 0 Å². The molecule has 0 saturated carbocycles. The van der Waals surface area contributed by atoms with E-state index in [9.17, 15) is 0 Å². The Bertz CT molecular complexity index is 544. The number of nitrogens with zero attached hydrogens (tertiary/aromatic N) is 4. The highest BCUT2D eigenvalue weighted by atomic mass is 16.5. The highest BCUT2D eigenvalue weighted by Crippen LogP contribution is 2.20. The molecule has 0 aliphatic rings. The zero-order valence-electron chi connectivity index (χ0n) is 11.1. The second kappa shape index (κ2) is 5.57. The number of nitrogen functional groups attached to an aromatic ring is 1. The maximum atomic E-state index is 5.47. The summed E-state index contributed by atoms with van der Waals surface area (Å²) in [6.07, 6.45) is 0.791. The van der Waals surface area contributed by atoms with Gasteiger partial charge in [-0.25, -0.2) is 15.8 Å². The summed E-state index contributed by atoms with van der Waals surface area (Å²) < 4.78 is 4.97. The van der Waals surface area contributed by atoms with Gasteiger partial charge in [-0.15, -0.1) is 10.2 Å². The Morgan fingerprint density at radius 1 is 1.26 bits per heavy atom. The summed E-state index contributed by atoms with van der Waals surface area (Å²) in [5, 5.41) is 7.93. The number of ether oxygens (including phenoxy) is 1. The SMILES string of the molecule is CCc1nc(-c2ccc(OC)nn2)nc(NN)c1C. The summed E-state index contributed by atoms with van der Waals surface area (Å²) in [6, 6.07) is 3.48. The molecule has 2 aromatic heterocycles. The number of nitrogens with two attached hydrogens (primary N) is 1. The third-order valence-corrected chi connectivity index (χ3v) is 2.80. The Morgan fingerprint density at radius 3 is 2.58 bits per heavy atom. The molecule has 2 aromatic rings. The van der Waals surface area contributed by atoms with Crippen LogP contribution in [0.2, 0.25) is 0 Å². The molecule has 0 fully saturated rings. The third kappa shape index (κ3) is 2.60. The molecule has 0 radical (unpaired) electrons. The van der Waals surface area contributed by atoms with Gasteiger partial charge in [0, 0.05) is 17.3 Å². The standard InChI is InChI=1S/C12H16N6O/c1-4-8-7(2)11(16-13)15-12(14-8)9-5-6-10(19-3)18-17-9/h5-6H,4,13H2,1-3H3,(H,14,15,16). The van der Waals surface area contributed by atoms with Gasteiger partial charge < -0.3 is 10.2 Å². The minimum atomic E-state index is 0.448. The number of methoxy groups -OCH3 is 1. The summed E-state index contributed by atoms with van der Waals surface area (Å²) in [5.41, 5.74) is 5.02. The molecule has 3 N–H and O–H groups in total. The fraction of sp³-hybridized carbons (Fsp3) is 0.333. The van der Waals surface area contributed by atoms with Crippen molar-refractivity contribution in [1.29, 1.82) is 0 Å². The van der Waals surface area contributed by atoms with Crippen molar-refractivity contribution in [3.05, 3.63) is 23.4 Å². The molecule has 0 aromatic carbocycles. The number of hydrazine groups is 1. The summed E-state index contributed by atoms with van der Waals surface area (Å²) in [5.74, 6) is 7.01. The molecule has 0 spiro atoms. The lowest BCUT2D eigenvalue weighted by molar-refractivity contribution is 0.392. The van der Waals surface area contributed by atoms with Crippen molar-refractivity contribution in [2.24, 2.45) is 5.84 Å². The number of aromatic nitrogens is 4. The highest BCUT2D eigenvalue weighted by molar-refractivity contribution is 5.55. The molecule has 7 heteroatoms. The lowest BCUT2D eigenvalue weighted by Gasteiger charge is -2.10. The van der Waals surface area contributed by atoms with Crippen LogP contribution in [0.1, 0.15) is 18.2 Å². The van der Waals surface area contributed by atoms with Gasteiger partial charge in [0.2, 0.25) is 5.88 Å². The second-order valence-electron chi connectivity index (χ2n) is 3.93. The van der Waals surface area contributed by atoms with Crippen LogP contribution in [-0.2, 0) is 6.42 Å². The average Bonchev–Trinajstić information content (AvgIpc) is 2.47. The zero-order chi connectivity index (χ0) is 13.8. The molecule has 0 unspecified atom stereocenters. The van der Waals surface area contributed by atoms with Crippen LogP contribution in [0.25, 0.3) is 11.5 Å².